The second-order valence-electron chi connectivity index (χ2n) is 19.5. The highest BCUT2D eigenvalue weighted by Crippen LogP contribution is 2.57. The minimum atomic E-state index is -0.847. The van der Waals surface area contributed by atoms with Crippen LogP contribution in [0.5, 0.6) is 0 Å². The van der Waals surface area contributed by atoms with Crippen molar-refractivity contribution in [2.45, 2.75) is 102 Å². The van der Waals surface area contributed by atoms with Gasteiger partial charge in [-0.2, -0.15) is 10.2 Å². The third-order valence-electron chi connectivity index (χ3n) is 15.0. The van der Waals surface area contributed by atoms with Gasteiger partial charge in [0.15, 0.2) is 11.6 Å². The van der Waals surface area contributed by atoms with E-state index in [-0.39, 0.29) is 46.3 Å². The molecule has 3 aromatic carbocycles. The fraction of sp³-hybridized carbons (Fsp3) is 0.388. The molecule has 5 atom stereocenters. The highest BCUT2D eigenvalue weighted by Gasteiger charge is 2.59. The van der Waals surface area contributed by atoms with Crippen LogP contribution in [0.3, 0.4) is 0 Å². The smallest absolute Gasteiger partial charge is 0.376 e. The number of hydrogen-bond acceptors (Lipinski definition) is 8. The Hall–Kier alpha value is -6.88. The van der Waals surface area contributed by atoms with Crippen LogP contribution in [-0.4, -0.2) is 72.5 Å². The quantitative estimate of drug-likeness (QED) is 0.172. The van der Waals surface area contributed by atoms with Gasteiger partial charge in [0.1, 0.15) is 22.9 Å². The molecule has 3 aliphatic heterocycles. The van der Waals surface area contributed by atoms with Gasteiger partial charge >= 0.3 is 11.4 Å². The fourth-order valence-corrected chi connectivity index (χ4v) is 11.7. The highest BCUT2D eigenvalue weighted by atomic mass is 19.1. The van der Waals surface area contributed by atoms with E-state index in [0.29, 0.717) is 77.5 Å². The van der Waals surface area contributed by atoms with Crippen LogP contribution in [-0.2, 0) is 23.7 Å². The standard InChI is InChI=1S/C49H48F2N10O5/c1-25-17-32(18-26(2)41(25)50)61-43(58-15-14-57(47(58)64)38-12-11-36-33(42(38)51)24-52-56(36)6)40-34(54-61)21-31-8-10-37(40)59(31)44(62)39-20-30-19-28(29-13-16-65-48(4,5)23-29)7-9-35(30)60(39)49(22-27(49)3)45-53-46(63)66-55-45/h7,9,11-12,14-15,17-20,24,27,29,31,37H,8,10,13,16,21-23H2,1-6H3,(H,53,55,63)/t27-,29-,31?,37?,49-/m0/s1. The van der Waals surface area contributed by atoms with Crippen molar-refractivity contribution in [1.82, 2.24) is 48.3 Å². The van der Waals surface area contributed by atoms with Gasteiger partial charge in [-0.15, -0.1) is 0 Å². The van der Waals surface area contributed by atoms with E-state index in [9.17, 15) is 9.59 Å². The van der Waals surface area contributed by atoms with Gasteiger partial charge in [-0.3, -0.25) is 28.1 Å². The number of ether oxygens (including phenoxy) is 1. The number of carbonyl (C=O) groups excluding carboxylic acids is 1. The number of aromatic amines is 1. The number of amides is 1. The molecule has 2 unspecified atom stereocenters. The van der Waals surface area contributed by atoms with Crippen LogP contribution in [0.4, 0.5) is 8.78 Å². The molecule has 66 heavy (non-hydrogen) atoms. The maximum Gasteiger partial charge on any atom is 0.438 e. The van der Waals surface area contributed by atoms with E-state index < -0.39 is 28.8 Å². The summed E-state index contributed by atoms with van der Waals surface area (Å²) in [5.41, 5.74) is 4.22. The largest absolute Gasteiger partial charge is 0.438 e. The zero-order chi connectivity index (χ0) is 45.7. The Morgan fingerprint density at radius 2 is 1.68 bits per heavy atom. The number of halogens is 2. The Kier molecular flexibility index (Phi) is 8.65. The third-order valence-corrected chi connectivity index (χ3v) is 15.0. The first-order chi connectivity index (χ1) is 31.6. The van der Waals surface area contributed by atoms with Gasteiger partial charge in [0, 0.05) is 55.0 Å². The van der Waals surface area contributed by atoms with Gasteiger partial charge in [0.05, 0.1) is 45.8 Å². The number of carbonyl (C=O) groups is 1. The van der Waals surface area contributed by atoms with Crippen LogP contribution in [0.15, 0.2) is 81.2 Å². The van der Waals surface area contributed by atoms with Crippen LogP contribution in [0.25, 0.3) is 39.0 Å². The summed E-state index contributed by atoms with van der Waals surface area (Å²) < 4.78 is 50.5. The Morgan fingerprint density at radius 1 is 0.924 bits per heavy atom. The van der Waals surface area contributed by atoms with E-state index in [1.165, 1.54) is 27.1 Å². The summed E-state index contributed by atoms with van der Waals surface area (Å²) in [6, 6.07) is 14.3. The molecule has 2 bridgehead atoms. The van der Waals surface area contributed by atoms with Crippen molar-refractivity contribution in [2.24, 2.45) is 13.0 Å². The van der Waals surface area contributed by atoms with Gasteiger partial charge in [-0.25, -0.2) is 23.1 Å². The second kappa shape index (κ2) is 14.1. The van der Waals surface area contributed by atoms with Gasteiger partial charge in [-0.05, 0) is 131 Å². The van der Waals surface area contributed by atoms with Crippen LogP contribution < -0.4 is 11.4 Å². The lowest BCUT2D eigenvalue weighted by molar-refractivity contribution is -0.0592. The summed E-state index contributed by atoms with van der Waals surface area (Å²) in [6.07, 6.45) is 8.60. The molecule has 1 saturated carbocycles. The highest BCUT2D eigenvalue weighted by molar-refractivity contribution is 6.00. The molecular weight excluding hydrogens is 847 g/mol. The minimum Gasteiger partial charge on any atom is -0.376 e. The first-order valence-corrected chi connectivity index (χ1v) is 22.6. The number of nitrogens with one attached hydrogen (secondary N) is 1. The average molecular weight is 895 g/mol. The van der Waals surface area contributed by atoms with Crippen molar-refractivity contribution < 1.29 is 22.8 Å². The topological polar surface area (TPSA) is 156 Å². The average Bonchev–Trinajstić information content (AvgIpc) is 3.99. The first-order valence-electron chi connectivity index (χ1n) is 22.6. The monoisotopic (exact) mass is 894 g/mol. The Balaban J connectivity index is 1.02. The van der Waals surface area contributed by atoms with Gasteiger partial charge in [-0.1, -0.05) is 18.1 Å². The molecule has 0 radical (unpaired) electrons. The van der Waals surface area contributed by atoms with E-state index in [0.717, 1.165) is 29.4 Å². The molecule has 3 fully saturated rings. The van der Waals surface area contributed by atoms with Crippen molar-refractivity contribution in [3.63, 3.8) is 0 Å². The molecule has 17 heteroatoms. The van der Waals surface area contributed by atoms with E-state index in [2.05, 4.69) is 58.8 Å². The normalized spacial score (nSPS) is 23.3. The summed E-state index contributed by atoms with van der Waals surface area (Å²) >= 11 is 0. The molecule has 1 N–H and O–H groups in total. The molecule has 0 spiro atoms. The Morgan fingerprint density at radius 3 is 2.41 bits per heavy atom. The molecule has 5 aromatic heterocycles. The summed E-state index contributed by atoms with van der Waals surface area (Å²) in [5, 5.41) is 14.7. The molecule has 1 aliphatic carbocycles. The number of aromatic nitrogens is 9. The number of hydrogen-bond donors (Lipinski definition) is 1. The number of nitrogens with zero attached hydrogens (tertiary/aromatic N) is 9. The molecule has 8 heterocycles. The lowest BCUT2D eigenvalue weighted by Crippen LogP contribution is -2.43. The zero-order valence-corrected chi connectivity index (χ0v) is 37.4. The lowest BCUT2D eigenvalue weighted by atomic mass is 9.83. The van der Waals surface area contributed by atoms with Crippen molar-refractivity contribution in [3.05, 3.63) is 139 Å². The molecule has 4 aliphatic rings. The number of imidazole rings is 1. The van der Waals surface area contributed by atoms with Crippen LogP contribution in [0.2, 0.25) is 0 Å². The second-order valence-corrected chi connectivity index (χ2v) is 19.5. The van der Waals surface area contributed by atoms with Gasteiger partial charge in [0.2, 0.25) is 0 Å². The lowest BCUT2D eigenvalue weighted by Gasteiger charge is -2.36. The van der Waals surface area contributed by atoms with Gasteiger partial charge < -0.3 is 14.2 Å². The van der Waals surface area contributed by atoms with E-state index in [1.54, 1.807) is 60.7 Å². The SMILES string of the molecule is Cc1cc(-n2nc3c(c2-n2ccn(-c4ccc5c(cnn5C)c4F)c2=O)C2CCC(C3)N2C(=O)c2cc3cc([C@H]4CCOC(C)(C)C4)ccc3n2[C@@]2(c3noc(=O)[nH]3)C[C@@H]2C)cc(C)c1F. The van der Waals surface area contributed by atoms with Crippen molar-refractivity contribution in [1.29, 1.82) is 0 Å². The molecule has 1 amide bonds. The molecule has 8 aromatic rings. The molecular formula is C49H48F2N10O5. The van der Waals surface area contributed by atoms with Crippen molar-refractivity contribution in [2.75, 3.05) is 6.61 Å². The Labute approximate surface area is 376 Å². The number of rotatable bonds is 7. The molecule has 338 valence electrons. The summed E-state index contributed by atoms with van der Waals surface area (Å²) in [7, 11) is 1.72. The van der Waals surface area contributed by atoms with E-state index in [1.807, 2.05) is 11.0 Å². The number of H-pyrrole nitrogens is 1. The maximum atomic E-state index is 16.2. The van der Waals surface area contributed by atoms with Crippen LogP contribution in [0, 0.1) is 31.4 Å². The first kappa shape index (κ1) is 40.6. The van der Waals surface area contributed by atoms with E-state index in [4.69, 9.17) is 14.4 Å². The summed E-state index contributed by atoms with van der Waals surface area (Å²) in [6.45, 7) is 10.3. The zero-order valence-electron chi connectivity index (χ0n) is 37.4. The predicted octanol–water partition coefficient (Wildman–Crippen LogP) is 7.58. The summed E-state index contributed by atoms with van der Waals surface area (Å²) in [5.74, 6) is -0.764. The van der Waals surface area contributed by atoms with Crippen molar-refractivity contribution in [3.8, 4) is 17.2 Å². The third kappa shape index (κ3) is 5.80. The number of fused-ring (bicyclic) bond motifs is 6. The molecule has 15 nitrogen and oxygen atoms in total. The van der Waals surface area contributed by atoms with Gasteiger partial charge in [0.25, 0.3) is 5.91 Å². The Bertz CT molecular complexity index is 3450. The molecule has 12 rings (SSSR count). The number of aryl methyl sites for hydroxylation is 3. The molecule has 2 saturated heterocycles. The van der Waals surface area contributed by atoms with Crippen LogP contribution >= 0.6 is 0 Å². The van der Waals surface area contributed by atoms with Crippen molar-refractivity contribution >= 4 is 27.7 Å². The van der Waals surface area contributed by atoms with Crippen LogP contribution in [0.1, 0.15) is 109 Å². The maximum absolute atomic E-state index is 16.2. The van der Waals surface area contributed by atoms with E-state index >= 15 is 13.6 Å². The number of benzene rings is 3. The minimum absolute atomic E-state index is 0.00752. The predicted molar refractivity (Wildman–Crippen MR) is 240 cm³/mol. The fourth-order valence-electron chi connectivity index (χ4n) is 11.7. The summed E-state index contributed by atoms with van der Waals surface area (Å²) in [4.78, 5) is 47.8.